The quantitative estimate of drug-likeness (QED) is 0.294. The Bertz CT molecular complexity index is 1560. The molecule has 3 aromatic heterocycles. The summed E-state index contributed by atoms with van der Waals surface area (Å²) in [5.74, 6) is -0.0503. The normalized spacial score (nSPS) is 15.8. The maximum absolute atomic E-state index is 13.4. The Hall–Kier alpha value is -2.94. The monoisotopic (exact) mass is 561 g/mol. The molecule has 0 atom stereocenters. The number of thiazole rings is 1. The van der Waals surface area contributed by atoms with Crippen LogP contribution in [0.15, 0.2) is 48.0 Å². The van der Waals surface area contributed by atoms with Gasteiger partial charge >= 0.3 is 6.10 Å². The Labute approximate surface area is 223 Å². The maximum atomic E-state index is 13.4. The second-order valence-electron chi connectivity index (χ2n) is 9.32. The van der Waals surface area contributed by atoms with Crippen molar-refractivity contribution in [2.45, 2.75) is 38.2 Å². The van der Waals surface area contributed by atoms with Crippen molar-refractivity contribution in [1.82, 2.24) is 18.7 Å². The van der Waals surface area contributed by atoms with E-state index in [1.165, 1.54) is 22.7 Å². The molecular formula is C25H28FN5O5S2. The highest BCUT2D eigenvalue weighted by atomic mass is 32.2. The minimum Gasteiger partial charge on any atom is -0.325 e. The summed E-state index contributed by atoms with van der Waals surface area (Å²) in [5.41, 5.74) is 3.10. The van der Waals surface area contributed by atoms with Gasteiger partial charge in [-0.15, -0.1) is 11.3 Å². The van der Waals surface area contributed by atoms with Gasteiger partial charge in [0.1, 0.15) is 17.3 Å². The minimum atomic E-state index is -3.30. The Morgan fingerprint density at radius 3 is 2.39 bits per heavy atom. The first-order valence-electron chi connectivity index (χ1n) is 12.1. The third kappa shape index (κ3) is 5.17. The lowest BCUT2D eigenvalue weighted by Gasteiger charge is -2.31. The van der Waals surface area contributed by atoms with E-state index in [0.717, 1.165) is 21.8 Å². The molecular weight excluding hydrogens is 533 g/mol. The number of aryl methyl sites for hydroxylation is 1. The topological polar surface area (TPSA) is 132 Å². The molecule has 0 spiro atoms. The van der Waals surface area contributed by atoms with E-state index < -0.39 is 16.1 Å². The molecule has 1 fully saturated rings. The largest absolute Gasteiger partial charge is 0.377 e. The van der Waals surface area contributed by atoms with Crippen molar-refractivity contribution in [1.29, 1.82) is 0 Å². The molecule has 0 amide bonds. The number of rotatable bonds is 7. The molecule has 1 aliphatic rings. The second kappa shape index (κ2) is 9.98. The molecule has 0 saturated carbocycles. The lowest BCUT2D eigenvalue weighted by Crippen LogP contribution is -2.46. The molecule has 5 rings (SSSR count). The smallest absolute Gasteiger partial charge is 0.325 e. The third-order valence-electron chi connectivity index (χ3n) is 6.75. The third-order valence-corrected chi connectivity index (χ3v) is 8.88. The molecule has 3 N–H and O–H groups in total. The molecule has 1 aliphatic heterocycles. The second-order valence-corrected chi connectivity index (χ2v) is 12.1. The molecule has 202 valence electrons. The minimum absolute atomic E-state index is 0.0956. The van der Waals surface area contributed by atoms with E-state index in [0.29, 0.717) is 55.0 Å². The van der Waals surface area contributed by atoms with Crippen molar-refractivity contribution in [3.05, 3.63) is 65.0 Å². The number of aromatic nitrogens is 3. The molecule has 13 heteroatoms. The summed E-state index contributed by atoms with van der Waals surface area (Å²) >= 11 is 1.08. The fraction of sp³-hybridized carbons (Fsp3) is 0.360. The zero-order chi connectivity index (χ0) is 27.2. The van der Waals surface area contributed by atoms with Crippen molar-refractivity contribution in [3.63, 3.8) is 0 Å². The number of hydrogen-bond acceptors (Lipinski definition) is 9. The molecule has 1 saturated heterocycles. The summed E-state index contributed by atoms with van der Waals surface area (Å²) in [6.45, 7) is 2.71. The lowest BCUT2D eigenvalue weighted by molar-refractivity contribution is -0.304. The van der Waals surface area contributed by atoms with E-state index in [1.807, 2.05) is 25.3 Å². The number of pyridine rings is 1. The molecule has 0 aliphatic carbocycles. The van der Waals surface area contributed by atoms with Crippen LogP contribution in [0.1, 0.15) is 36.9 Å². The zero-order valence-corrected chi connectivity index (χ0v) is 22.5. The molecule has 0 radical (unpaired) electrons. The van der Waals surface area contributed by atoms with Crippen molar-refractivity contribution in [2.24, 2.45) is 0 Å². The molecule has 10 nitrogen and oxygen atoms in total. The SMILES string of the molecule is CCc1nc2ccc(C3CCN(S(C)(=O)=O)CC3)cn2c1N(c1nc(-c2ccc(F)cc2)cs1)C(O)(O)O. The first-order chi connectivity index (χ1) is 18.0. The van der Waals surface area contributed by atoms with E-state index in [4.69, 9.17) is 0 Å². The van der Waals surface area contributed by atoms with E-state index in [9.17, 15) is 28.1 Å². The summed E-state index contributed by atoms with van der Waals surface area (Å²) in [4.78, 5) is 10.0. The van der Waals surface area contributed by atoms with Crippen LogP contribution in [0.2, 0.25) is 0 Å². The van der Waals surface area contributed by atoms with E-state index in [2.05, 4.69) is 9.97 Å². The van der Waals surface area contributed by atoms with Gasteiger partial charge in [-0.2, -0.15) is 0 Å². The van der Waals surface area contributed by atoms with Crippen LogP contribution in [0.25, 0.3) is 16.9 Å². The summed E-state index contributed by atoms with van der Waals surface area (Å²) in [7, 11) is -3.25. The Kier molecular flexibility index (Phi) is 7.00. The Morgan fingerprint density at radius 1 is 1.11 bits per heavy atom. The van der Waals surface area contributed by atoms with Gasteiger partial charge in [0.25, 0.3) is 0 Å². The molecule has 0 unspecified atom stereocenters. The summed E-state index contributed by atoms with van der Waals surface area (Å²) in [5, 5.41) is 33.2. The molecule has 4 heterocycles. The highest BCUT2D eigenvalue weighted by molar-refractivity contribution is 7.88. The first kappa shape index (κ1) is 26.7. The number of piperidine rings is 1. The van der Waals surface area contributed by atoms with Crippen molar-refractivity contribution >= 4 is 38.0 Å². The Morgan fingerprint density at radius 2 is 1.79 bits per heavy atom. The van der Waals surface area contributed by atoms with Crippen molar-refractivity contribution in [2.75, 3.05) is 24.2 Å². The lowest BCUT2D eigenvalue weighted by atomic mass is 9.91. The number of aliphatic hydroxyl groups is 3. The highest BCUT2D eigenvalue weighted by Gasteiger charge is 2.38. The predicted octanol–water partition coefficient (Wildman–Crippen LogP) is 3.02. The van der Waals surface area contributed by atoms with Gasteiger partial charge in [-0.05, 0) is 61.1 Å². The van der Waals surface area contributed by atoms with Gasteiger partial charge in [0.15, 0.2) is 5.13 Å². The zero-order valence-electron chi connectivity index (χ0n) is 20.8. The van der Waals surface area contributed by atoms with Crippen molar-refractivity contribution in [3.8, 4) is 11.3 Å². The number of imidazole rings is 1. The van der Waals surface area contributed by atoms with Gasteiger partial charge < -0.3 is 15.3 Å². The number of halogens is 1. The average Bonchev–Trinajstić information content (AvgIpc) is 3.48. The molecule has 1 aromatic carbocycles. The predicted molar refractivity (Wildman–Crippen MR) is 142 cm³/mol. The van der Waals surface area contributed by atoms with E-state index >= 15 is 0 Å². The highest BCUT2D eigenvalue weighted by Crippen LogP contribution is 2.39. The van der Waals surface area contributed by atoms with E-state index in [-0.39, 0.29) is 22.7 Å². The van der Waals surface area contributed by atoms with Gasteiger partial charge in [-0.3, -0.25) is 4.40 Å². The fourth-order valence-electron chi connectivity index (χ4n) is 4.81. The van der Waals surface area contributed by atoms with Gasteiger partial charge in [0.05, 0.1) is 17.6 Å². The Balaban J connectivity index is 1.56. The summed E-state index contributed by atoms with van der Waals surface area (Å²) in [6, 6.07) is 9.51. The number of hydrogen-bond donors (Lipinski definition) is 3. The number of fused-ring (bicyclic) bond motifs is 1. The average molecular weight is 562 g/mol. The number of benzene rings is 1. The summed E-state index contributed by atoms with van der Waals surface area (Å²) in [6.07, 6.45) is 1.47. The van der Waals surface area contributed by atoms with E-state index in [1.54, 1.807) is 21.9 Å². The standard InChI is InChI=1S/C25H28FN5O5S2/c1-3-20-23(31(25(32,33)34)24-28-21(15-37-24)17-4-7-19(26)8-5-17)30-14-18(6-9-22(30)27-20)16-10-12-29(13-11-16)38(2,35)36/h4-9,14-16,32-34H,3,10-13H2,1-2H3. The van der Waals surface area contributed by atoms with Crippen LogP contribution in [0, 0.1) is 5.82 Å². The fourth-order valence-corrected chi connectivity index (χ4v) is 6.56. The molecule has 4 aromatic rings. The van der Waals surface area contributed by atoms with Crippen LogP contribution in [0.5, 0.6) is 0 Å². The van der Waals surface area contributed by atoms with Gasteiger partial charge in [-0.25, -0.2) is 32.0 Å². The number of nitrogens with zero attached hydrogens (tertiary/aromatic N) is 5. The van der Waals surface area contributed by atoms with Crippen LogP contribution in [-0.2, 0) is 16.4 Å². The van der Waals surface area contributed by atoms with Crippen LogP contribution < -0.4 is 4.90 Å². The van der Waals surface area contributed by atoms with Gasteiger partial charge in [0, 0.05) is 30.2 Å². The number of anilines is 2. The molecule has 38 heavy (non-hydrogen) atoms. The summed E-state index contributed by atoms with van der Waals surface area (Å²) < 4.78 is 40.4. The number of sulfonamides is 1. The maximum Gasteiger partial charge on any atom is 0.377 e. The van der Waals surface area contributed by atoms with Crippen LogP contribution in [-0.4, -0.2) is 67.9 Å². The van der Waals surface area contributed by atoms with Gasteiger partial charge in [0.2, 0.25) is 10.0 Å². The first-order valence-corrected chi connectivity index (χ1v) is 14.8. The van der Waals surface area contributed by atoms with Crippen LogP contribution >= 0.6 is 11.3 Å². The van der Waals surface area contributed by atoms with Crippen LogP contribution in [0.3, 0.4) is 0 Å². The van der Waals surface area contributed by atoms with Crippen LogP contribution in [0.4, 0.5) is 15.3 Å². The van der Waals surface area contributed by atoms with Crippen molar-refractivity contribution < 1.29 is 28.1 Å². The molecule has 0 bridgehead atoms. The van der Waals surface area contributed by atoms with Gasteiger partial charge in [-0.1, -0.05) is 13.0 Å².